The van der Waals surface area contributed by atoms with Gasteiger partial charge in [0.15, 0.2) is 0 Å². The Hall–Kier alpha value is -1.10. The molecule has 1 aliphatic rings. The second-order valence-electron chi connectivity index (χ2n) is 3.67. The van der Waals surface area contributed by atoms with Crippen molar-refractivity contribution < 1.29 is 9.59 Å². The smallest absolute Gasteiger partial charge is 0.239 e. The van der Waals surface area contributed by atoms with E-state index in [1.807, 2.05) is 6.92 Å². The van der Waals surface area contributed by atoms with Gasteiger partial charge in [0.1, 0.15) is 0 Å². The van der Waals surface area contributed by atoms with Crippen molar-refractivity contribution in [1.29, 1.82) is 0 Å². The van der Waals surface area contributed by atoms with E-state index in [9.17, 15) is 9.59 Å². The van der Waals surface area contributed by atoms with Gasteiger partial charge in [-0.2, -0.15) is 0 Å². The van der Waals surface area contributed by atoms with E-state index in [-0.39, 0.29) is 24.4 Å². The van der Waals surface area contributed by atoms with Crippen molar-refractivity contribution >= 4 is 11.8 Å². The lowest BCUT2D eigenvalue weighted by Crippen LogP contribution is -2.48. The van der Waals surface area contributed by atoms with Gasteiger partial charge in [0, 0.05) is 6.54 Å². The minimum absolute atomic E-state index is 0.0686. The monoisotopic (exact) mass is 213 g/mol. The van der Waals surface area contributed by atoms with E-state index in [0.717, 1.165) is 25.8 Å². The molecule has 5 nitrogen and oxygen atoms in total. The highest BCUT2D eigenvalue weighted by molar-refractivity contribution is 5.87. The van der Waals surface area contributed by atoms with Gasteiger partial charge in [-0.25, -0.2) is 0 Å². The minimum Gasteiger partial charge on any atom is -0.355 e. The average Bonchev–Trinajstić information content (AvgIpc) is 2.27. The molecule has 0 aromatic heterocycles. The van der Waals surface area contributed by atoms with Gasteiger partial charge in [0.25, 0.3) is 0 Å². The minimum atomic E-state index is -0.137. The van der Waals surface area contributed by atoms with Crippen LogP contribution < -0.4 is 16.0 Å². The van der Waals surface area contributed by atoms with E-state index in [0.29, 0.717) is 6.54 Å². The average molecular weight is 213 g/mol. The third kappa shape index (κ3) is 4.29. The maximum absolute atomic E-state index is 11.6. The number of hydrogen-bond donors (Lipinski definition) is 3. The lowest BCUT2D eigenvalue weighted by atomic mass is 10.0. The number of carbonyl (C=O) groups is 2. The third-order valence-corrected chi connectivity index (χ3v) is 2.42. The number of likely N-dealkylation sites (N-methyl/N-ethyl adjacent to an activating group) is 1. The molecule has 0 aromatic rings. The Balaban J connectivity index is 2.19. The summed E-state index contributed by atoms with van der Waals surface area (Å²) in [6.45, 7) is 3.41. The van der Waals surface area contributed by atoms with E-state index < -0.39 is 0 Å². The van der Waals surface area contributed by atoms with Gasteiger partial charge in [-0.05, 0) is 26.3 Å². The van der Waals surface area contributed by atoms with Crippen LogP contribution in [0.3, 0.4) is 0 Å². The highest BCUT2D eigenvalue weighted by atomic mass is 16.2. The van der Waals surface area contributed by atoms with Crippen LogP contribution in [0, 0.1) is 0 Å². The number of rotatable bonds is 4. The van der Waals surface area contributed by atoms with Crippen molar-refractivity contribution in [2.45, 2.75) is 32.2 Å². The van der Waals surface area contributed by atoms with Crippen LogP contribution in [0.4, 0.5) is 0 Å². The predicted molar refractivity (Wildman–Crippen MR) is 57.3 cm³/mol. The lowest BCUT2D eigenvalue weighted by Gasteiger charge is -2.22. The van der Waals surface area contributed by atoms with Crippen LogP contribution in [0.15, 0.2) is 0 Å². The van der Waals surface area contributed by atoms with Gasteiger partial charge in [0.2, 0.25) is 11.8 Å². The predicted octanol–water partition coefficient (Wildman–Crippen LogP) is -0.619. The molecule has 1 aliphatic heterocycles. The van der Waals surface area contributed by atoms with E-state index >= 15 is 0 Å². The summed E-state index contributed by atoms with van der Waals surface area (Å²) >= 11 is 0. The highest BCUT2D eigenvalue weighted by Gasteiger charge is 2.20. The maximum atomic E-state index is 11.6. The first-order chi connectivity index (χ1) is 7.24. The molecule has 0 bridgehead atoms. The molecule has 1 rings (SSSR count). The Bertz CT molecular complexity index is 225. The quantitative estimate of drug-likeness (QED) is 0.583. The molecule has 0 aromatic carbocycles. The van der Waals surface area contributed by atoms with Crippen LogP contribution in [-0.2, 0) is 9.59 Å². The zero-order valence-electron chi connectivity index (χ0n) is 9.14. The Labute approximate surface area is 90.0 Å². The standard InChI is InChI=1S/C10H19N3O2/c1-2-11-9(14)7-13-10(15)8-5-3-4-6-12-8/h8,12H,2-7H2,1H3,(H,11,14)(H,13,15)/t8-/m1/s1. The summed E-state index contributed by atoms with van der Waals surface area (Å²) in [4.78, 5) is 22.6. The third-order valence-electron chi connectivity index (χ3n) is 2.42. The van der Waals surface area contributed by atoms with Crippen LogP contribution in [0.5, 0.6) is 0 Å². The van der Waals surface area contributed by atoms with Crippen LogP contribution in [0.25, 0.3) is 0 Å². The Morgan fingerprint density at radius 3 is 2.73 bits per heavy atom. The molecule has 2 amide bonds. The first kappa shape index (κ1) is 12.0. The van der Waals surface area contributed by atoms with Crippen molar-refractivity contribution in [3.05, 3.63) is 0 Å². The van der Waals surface area contributed by atoms with Crippen LogP contribution in [0.1, 0.15) is 26.2 Å². The maximum Gasteiger partial charge on any atom is 0.239 e. The summed E-state index contributed by atoms with van der Waals surface area (Å²) in [7, 11) is 0. The van der Waals surface area contributed by atoms with Gasteiger partial charge < -0.3 is 16.0 Å². The van der Waals surface area contributed by atoms with Crippen molar-refractivity contribution in [2.75, 3.05) is 19.6 Å². The molecule has 5 heteroatoms. The van der Waals surface area contributed by atoms with Crippen molar-refractivity contribution in [1.82, 2.24) is 16.0 Å². The number of amides is 2. The molecule has 1 fully saturated rings. The molecular formula is C10H19N3O2. The highest BCUT2D eigenvalue weighted by Crippen LogP contribution is 2.06. The van der Waals surface area contributed by atoms with Gasteiger partial charge >= 0.3 is 0 Å². The van der Waals surface area contributed by atoms with Gasteiger partial charge in [0.05, 0.1) is 12.6 Å². The summed E-state index contributed by atoms with van der Waals surface area (Å²) in [5.41, 5.74) is 0. The van der Waals surface area contributed by atoms with Crippen molar-refractivity contribution in [3.63, 3.8) is 0 Å². The lowest BCUT2D eigenvalue weighted by molar-refractivity contribution is -0.127. The molecule has 0 aliphatic carbocycles. The molecule has 86 valence electrons. The summed E-state index contributed by atoms with van der Waals surface area (Å²) < 4.78 is 0. The van der Waals surface area contributed by atoms with Gasteiger partial charge in [-0.15, -0.1) is 0 Å². The zero-order chi connectivity index (χ0) is 11.1. The number of carbonyl (C=O) groups excluding carboxylic acids is 2. The summed E-state index contributed by atoms with van der Waals surface area (Å²) in [5, 5.41) is 8.38. The van der Waals surface area contributed by atoms with Crippen LogP contribution in [-0.4, -0.2) is 37.5 Å². The van der Waals surface area contributed by atoms with Gasteiger partial charge in [-0.3, -0.25) is 9.59 Å². The molecule has 1 saturated heterocycles. The zero-order valence-corrected chi connectivity index (χ0v) is 9.14. The van der Waals surface area contributed by atoms with E-state index in [1.54, 1.807) is 0 Å². The second-order valence-corrected chi connectivity index (χ2v) is 3.67. The fourth-order valence-corrected chi connectivity index (χ4v) is 1.63. The molecule has 1 heterocycles. The largest absolute Gasteiger partial charge is 0.355 e. The normalized spacial score (nSPS) is 20.7. The topological polar surface area (TPSA) is 70.2 Å². The SMILES string of the molecule is CCNC(=O)CNC(=O)[C@H]1CCCCN1. The Kier molecular flexibility index (Phi) is 5.10. The molecular weight excluding hydrogens is 194 g/mol. The van der Waals surface area contributed by atoms with Crippen LogP contribution in [0.2, 0.25) is 0 Å². The second kappa shape index (κ2) is 6.40. The summed E-state index contributed by atoms with van der Waals surface area (Å²) in [6.07, 6.45) is 3.06. The van der Waals surface area contributed by atoms with Crippen molar-refractivity contribution in [3.8, 4) is 0 Å². The molecule has 3 N–H and O–H groups in total. The molecule has 1 atom stereocenters. The molecule has 15 heavy (non-hydrogen) atoms. The fraction of sp³-hybridized carbons (Fsp3) is 0.800. The molecule has 0 unspecified atom stereocenters. The Morgan fingerprint density at radius 1 is 1.33 bits per heavy atom. The number of piperidine rings is 1. The van der Waals surface area contributed by atoms with E-state index in [1.165, 1.54) is 0 Å². The first-order valence-electron chi connectivity index (χ1n) is 5.52. The fourth-order valence-electron chi connectivity index (χ4n) is 1.63. The van der Waals surface area contributed by atoms with Gasteiger partial charge in [-0.1, -0.05) is 6.42 Å². The summed E-state index contributed by atoms with van der Waals surface area (Å²) in [6, 6.07) is -0.117. The van der Waals surface area contributed by atoms with Crippen molar-refractivity contribution in [2.24, 2.45) is 0 Å². The number of hydrogen-bond acceptors (Lipinski definition) is 3. The summed E-state index contributed by atoms with van der Waals surface area (Å²) in [5.74, 6) is -0.206. The number of nitrogens with one attached hydrogen (secondary N) is 3. The molecule has 0 saturated carbocycles. The van der Waals surface area contributed by atoms with Crippen LogP contribution >= 0.6 is 0 Å². The molecule has 0 radical (unpaired) electrons. The van der Waals surface area contributed by atoms with E-state index in [4.69, 9.17) is 0 Å². The first-order valence-corrected chi connectivity index (χ1v) is 5.52. The molecule has 0 spiro atoms. The van der Waals surface area contributed by atoms with E-state index in [2.05, 4.69) is 16.0 Å². The Morgan fingerprint density at radius 2 is 2.13 bits per heavy atom.